The standard InChI is InChI=1S/C14H15BrN2O2/c1-2-18-12-5-3-4-6-13(12)19-14-10(8-16)7-11(15)9-17-14/h3-7,9H,2,8,16H2,1H3. The third kappa shape index (κ3) is 3.45. The van der Waals surface area contributed by atoms with E-state index in [1.165, 1.54) is 0 Å². The Morgan fingerprint density at radius 3 is 2.68 bits per heavy atom. The summed E-state index contributed by atoms with van der Waals surface area (Å²) in [6.45, 7) is 2.87. The molecule has 0 amide bonds. The molecule has 0 aliphatic heterocycles. The molecule has 1 heterocycles. The van der Waals surface area contributed by atoms with Crippen LogP contribution in [0, 0.1) is 0 Å². The summed E-state index contributed by atoms with van der Waals surface area (Å²) in [5.74, 6) is 1.82. The molecule has 0 spiro atoms. The molecular weight excluding hydrogens is 308 g/mol. The maximum atomic E-state index is 5.80. The molecule has 0 unspecified atom stereocenters. The highest BCUT2D eigenvalue weighted by Crippen LogP contribution is 2.32. The molecule has 5 heteroatoms. The van der Waals surface area contributed by atoms with Crippen molar-refractivity contribution in [1.29, 1.82) is 0 Å². The van der Waals surface area contributed by atoms with Crippen LogP contribution < -0.4 is 15.2 Å². The topological polar surface area (TPSA) is 57.4 Å². The highest BCUT2D eigenvalue weighted by atomic mass is 79.9. The second kappa shape index (κ2) is 6.54. The van der Waals surface area contributed by atoms with Crippen LogP contribution in [0.25, 0.3) is 0 Å². The summed E-state index contributed by atoms with van der Waals surface area (Å²) in [5.41, 5.74) is 6.53. The van der Waals surface area contributed by atoms with Gasteiger partial charge in [-0.25, -0.2) is 4.98 Å². The van der Waals surface area contributed by atoms with Crippen LogP contribution in [0.15, 0.2) is 41.0 Å². The fourth-order valence-corrected chi connectivity index (χ4v) is 2.00. The van der Waals surface area contributed by atoms with Gasteiger partial charge < -0.3 is 15.2 Å². The minimum absolute atomic E-state index is 0.360. The van der Waals surface area contributed by atoms with E-state index in [0.717, 1.165) is 10.0 Å². The number of para-hydroxylation sites is 2. The zero-order valence-corrected chi connectivity index (χ0v) is 12.2. The molecule has 0 bridgehead atoms. The molecule has 0 aliphatic carbocycles. The number of hydrogen-bond donors (Lipinski definition) is 1. The van der Waals surface area contributed by atoms with E-state index < -0.39 is 0 Å². The van der Waals surface area contributed by atoms with E-state index in [9.17, 15) is 0 Å². The SMILES string of the molecule is CCOc1ccccc1Oc1ncc(Br)cc1CN. The molecule has 1 aromatic carbocycles. The van der Waals surface area contributed by atoms with Crippen LogP contribution >= 0.6 is 15.9 Å². The fraction of sp³-hybridized carbons (Fsp3) is 0.214. The lowest BCUT2D eigenvalue weighted by atomic mass is 10.2. The predicted molar refractivity (Wildman–Crippen MR) is 77.5 cm³/mol. The van der Waals surface area contributed by atoms with Gasteiger partial charge in [0.05, 0.1) is 6.61 Å². The van der Waals surface area contributed by atoms with Crippen molar-refractivity contribution in [3.05, 3.63) is 46.6 Å². The van der Waals surface area contributed by atoms with E-state index in [2.05, 4.69) is 20.9 Å². The summed E-state index contributed by atoms with van der Waals surface area (Å²) in [7, 11) is 0. The first-order valence-electron chi connectivity index (χ1n) is 5.98. The van der Waals surface area contributed by atoms with Gasteiger partial charge in [0, 0.05) is 22.8 Å². The molecule has 1 aromatic heterocycles. The normalized spacial score (nSPS) is 10.3. The average molecular weight is 323 g/mol. The van der Waals surface area contributed by atoms with E-state index in [0.29, 0.717) is 30.5 Å². The van der Waals surface area contributed by atoms with Crippen molar-refractivity contribution in [3.63, 3.8) is 0 Å². The van der Waals surface area contributed by atoms with Crippen LogP contribution in [0.3, 0.4) is 0 Å². The molecule has 0 saturated carbocycles. The van der Waals surface area contributed by atoms with E-state index >= 15 is 0 Å². The van der Waals surface area contributed by atoms with Crippen LogP contribution in [0.1, 0.15) is 12.5 Å². The molecule has 2 N–H and O–H groups in total. The third-order valence-electron chi connectivity index (χ3n) is 2.47. The molecule has 100 valence electrons. The van der Waals surface area contributed by atoms with E-state index in [1.54, 1.807) is 6.20 Å². The average Bonchev–Trinajstić information content (AvgIpc) is 2.43. The molecule has 0 fully saturated rings. The lowest BCUT2D eigenvalue weighted by Crippen LogP contribution is -2.02. The first-order valence-corrected chi connectivity index (χ1v) is 6.78. The zero-order valence-electron chi connectivity index (χ0n) is 10.6. The zero-order chi connectivity index (χ0) is 13.7. The Kier molecular flexibility index (Phi) is 4.76. The van der Waals surface area contributed by atoms with Gasteiger partial charge in [-0.15, -0.1) is 0 Å². The summed E-state index contributed by atoms with van der Waals surface area (Å²) in [5, 5.41) is 0. The molecule has 19 heavy (non-hydrogen) atoms. The lowest BCUT2D eigenvalue weighted by molar-refractivity contribution is 0.319. The monoisotopic (exact) mass is 322 g/mol. The molecule has 0 saturated heterocycles. The van der Waals surface area contributed by atoms with Gasteiger partial charge in [0.2, 0.25) is 5.88 Å². The smallest absolute Gasteiger partial charge is 0.223 e. The van der Waals surface area contributed by atoms with Gasteiger partial charge in [-0.3, -0.25) is 0 Å². The Morgan fingerprint density at radius 1 is 1.26 bits per heavy atom. The first kappa shape index (κ1) is 13.8. The van der Waals surface area contributed by atoms with E-state index in [4.69, 9.17) is 15.2 Å². The van der Waals surface area contributed by atoms with Gasteiger partial charge in [-0.05, 0) is 41.1 Å². The second-order valence-corrected chi connectivity index (χ2v) is 4.72. The predicted octanol–water partition coefficient (Wildman–Crippen LogP) is 3.49. The van der Waals surface area contributed by atoms with Crippen LogP contribution in [0.4, 0.5) is 0 Å². The van der Waals surface area contributed by atoms with Crippen LogP contribution in [0.5, 0.6) is 17.4 Å². The van der Waals surface area contributed by atoms with Crippen molar-refractivity contribution in [3.8, 4) is 17.4 Å². The van der Waals surface area contributed by atoms with Gasteiger partial charge in [0.15, 0.2) is 11.5 Å². The Balaban J connectivity index is 2.30. The van der Waals surface area contributed by atoms with Crippen molar-refractivity contribution >= 4 is 15.9 Å². The van der Waals surface area contributed by atoms with Gasteiger partial charge in [0.25, 0.3) is 0 Å². The molecule has 0 atom stereocenters. The first-order chi connectivity index (χ1) is 9.24. The summed E-state index contributed by atoms with van der Waals surface area (Å²) in [4.78, 5) is 4.24. The number of aromatic nitrogens is 1. The molecule has 0 radical (unpaired) electrons. The molecule has 0 aliphatic rings. The highest BCUT2D eigenvalue weighted by molar-refractivity contribution is 9.10. The number of nitrogens with two attached hydrogens (primary N) is 1. The minimum atomic E-state index is 0.360. The van der Waals surface area contributed by atoms with Crippen molar-refractivity contribution in [2.75, 3.05) is 6.61 Å². The Bertz CT molecular complexity index is 561. The number of ether oxygens (including phenoxy) is 2. The van der Waals surface area contributed by atoms with Crippen LogP contribution in [0.2, 0.25) is 0 Å². The number of hydrogen-bond acceptors (Lipinski definition) is 4. The maximum Gasteiger partial charge on any atom is 0.223 e. The number of halogens is 1. The number of benzene rings is 1. The fourth-order valence-electron chi connectivity index (χ4n) is 1.62. The second-order valence-electron chi connectivity index (χ2n) is 3.80. The Hall–Kier alpha value is -1.59. The van der Waals surface area contributed by atoms with Crippen molar-refractivity contribution in [2.45, 2.75) is 13.5 Å². The largest absolute Gasteiger partial charge is 0.490 e. The van der Waals surface area contributed by atoms with Gasteiger partial charge in [-0.2, -0.15) is 0 Å². The van der Waals surface area contributed by atoms with E-state index in [-0.39, 0.29) is 0 Å². The highest BCUT2D eigenvalue weighted by Gasteiger charge is 2.10. The van der Waals surface area contributed by atoms with Crippen LogP contribution in [-0.2, 0) is 6.54 Å². The molecule has 2 rings (SSSR count). The van der Waals surface area contributed by atoms with Gasteiger partial charge in [0.1, 0.15) is 0 Å². The summed E-state index contributed by atoms with van der Waals surface area (Å²) in [6, 6.07) is 9.38. The molecular formula is C14H15BrN2O2. The van der Waals surface area contributed by atoms with Crippen molar-refractivity contribution in [1.82, 2.24) is 4.98 Å². The van der Waals surface area contributed by atoms with Gasteiger partial charge in [-0.1, -0.05) is 12.1 Å². The Morgan fingerprint density at radius 2 is 2.00 bits per heavy atom. The van der Waals surface area contributed by atoms with Crippen molar-refractivity contribution in [2.24, 2.45) is 5.73 Å². The third-order valence-corrected chi connectivity index (χ3v) is 2.90. The number of rotatable bonds is 5. The Labute approximate surface area is 120 Å². The number of pyridine rings is 1. The minimum Gasteiger partial charge on any atom is -0.490 e. The van der Waals surface area contributed by atoms with Crippen LogP contribution in [-0.4, -0.2) is 11.6 Å². The van der Waals surface area contributed by atoms with E-state index in [1.807, 2.05) is 37.3 Å². The summed E-state index contributed by atoms with van der Waals surface area (Å²) in [6.07, 6.45) is 1.68. The molecule has 2 aromatic rings. The maximum absolute atomic E-state index is 5.80. The van der Waals surface area contributed by atoms with Crippen molar-refractivity contribution < 1.29 is 9.47 Å². The molecule has 4 nitrogen and oxygen atoms in total. The summed E-state index contributed by atoms with van der Waals surface area (Å²) < 4.78 is 12.2. The summed E-state index contributed by atoms with van der Waals surface area (Å²) >= 11 is 3.36. The number of nitrogens with zero attached hydrogens (tertiary/aromatic N) is 1. The van der Waals surface area contributed by atoms with Gasteiger partial charge >= 0.3 is 0 Å². The quantitative estimate of drug-likeness (QED) is 0.915. The lowest BCUT2D eigenvalue weighted by Gasteiger charge is -2.12.